The van der Waals surface area contributed by atoms with E-state index in [1.165, 1.54) is 18.1 Å². The molecule has 158 valence electrons. The van der Waals surface area contributed by atoms with Crippen molar-refractivity contribution in [1.82, 2.24) is 15.1 Å². The second-order valence-electron chi connectivity index (χ2n) is 9.15. The van der Waals surface area contributed by atoms with Gasteiger partial charge in [-0.3, -0.25) is 9.59 Å². The van der Waals surface area contributed by atoms with Gasteiger partial charge in [0, 0.05) is 51.7 Å². The second-order valence-corrected chi connectivity index (χ2v) is 9.15. The van der Waals surface area contributed by atoms with E-state index in [0.717, 1.165) is 71.0 Å². The van der Waals surface area contributed by atoms with E-state index < -0.39 is 0 Å². The first-order chi connectivity index (χ1) is 14.0. The maximum Gasteiger partial charge on any atom is 0.242 e. The van der Waals surface area contributed by atoms with Crippen molar-refractivity contribution in [2.45, 2.75) is 39.2 Å². The highest BCUT2D eigenvalue weighted by atomic mass is 16.5. The van der Waals surface area contributed by atoms with Gasteiger partial charge in [-0.15, -0.1) is 0 Å². The first-order valence-electron chi connectivity index (χ1n) is 10.9. The Bertz CT molecular complexity index is 747. The number of carbonyl (C=O) groups excluding carboxylic acids is 2. The van der Waals surface area contributed by atoms with Crippen molar-refractivity contribution >= 4 is 11.8 Å². The van der Waals surface area contributed by atoms with Gasteiger partial charge in [-0.05, 0) is 49.3 Å². The Kier molecular flexibility index (Phi) is 6.20. The molecular weight excluding hydrogens is 366 g/mol. The number of fused-ring (bicyclic) bond motifs is 1. The van der Waals surface area contributed by atoms with Gasteiger partial charge in [0.15, 0.2) is 0 Å². The minimum absolute atomic E-state index is 0.0131. The zero-order chi connectivity index (χ0) is 20.3. The molecule has 2 saturated heterocycles. The molecule has 1 aromatic rings. The molecule has 6 heteroatoms. The second kappa shape index (κ2) is 8.84. The lowest BCUT2D eigenvalue weighted by Crippen LogP contribution is -2.45. The number of benzene rings is 1. The first kappa shape index (κ1) is 20.4. The molecule has 0 radical (unpaired) electrons. The first-order valence-corrected chi connectivity index (χ1v) is 10.9. The third kappa shape index (κ3) is 4.98. The van der Waals surface area contributed by atoms with Gasteiger partial charge < -0.3 is 19.9 Å². The summed E-state index contributed by atoms with van der Waals surface area (Å²) in [7, 11) is 0. The molecule has 2 fully saturated rings. The zero-order valence-electron chi connectivity index (χ0n) is 17.5. The largest absolute Gasteiger partial charge is 0.381 e. The number of ether oxygens (including phenoxy) is 1. The number of carbonyl (C=O) groups is 2. The fourth-order valence-corrected chi connectivity index (χ4v) is 5.25. The third-order valence-electron chi connectivity index (χ3n) is 6.79. The lowest BCUT2D eigenvalue weighted by molar-refractivity contribution is -0.134. The SMILES string of the molecule is CC(=O)NCC(=O)N1Cc2ccccc2CC2(CCN(CC3CCOCC3)C2)C1. The molecule has 3 aliphatic rings. The van der Waals surface area contributed by atoms with Crippen LogP contribution in [-0.4, -0.2) is 67.6 Å². The molecule has 0 bridgehead atoms. The molecule has 1 aromatic carbocycles. The van der Waals surface area contributed by atoms with Crippen LogP contribution in [0, 0.1) is 11.3 Å². The summed E-state index contributed by atoms with van der Waals surface area (Å²) >= 11 is 0. The molecule has 3 aliphatic heterocycles. The average molecular weight is 400 g/mol. The molecule has 3 heterocycles. The Hall–Kier alpha value is -1.92. The van der Waals surface area contributed by atoms with Crippen molar-refractivity contribution in [1.29, 1.82) is 0 Å². The van der Waals surface area contributed by atoms with E-state index >= 15 is 0 Å². The fraction of sp³-hybridized carbons (Fsp3) is 0.652. The van der Waals surface area contributed by atoms with Gasteiger partial charge in [0.25, 0.3) is 0 Å². The number of hydrogen-bond acceptors (Lipinski definition) is 4. The van der Waals surface area contributed by atoms with Crippen molar-refractivity contribution in [3.63, 3.8) is 0 Å². The molecule has 1 spiro atoms. The third-order valence-corrected chi connectivity index (χ3v) is 6.79. The Morgan fingerprint density at radius 2 is 1.93 bits per heavy atom. The summed E-state index contributed by atoms with van der Waals surface area (Å²) < 4.78 is 5.52. The van der Waals surface area contributed by atoms with E-state index in [1.807, 2.05) is 4.90 Å². The van der Waals surface area contributed by atoms with Gasteiger partial charge in [-0.1, -0.05) is 24.3 Å². The van der Waals surface area contributed by atoms with Gasteiger partial charge in [0.05, 0.1) is 6.54 Å². The number of hydrogen-bond donors (Lipinski definition) is 1. The predicted molar refractivity (Wildman–Crippen MR) is 111 cm³/mol. The van der Waals surface area contributed by atoms with Crippen LogP contribution in [0.1, 0.15) is 37.3 Å². The van der Waals surface area contributed by atoms with E-state index in [0.29, 0.717) is 6.54 Å². The smallest absolute Gasteiger partial charge is 0.242 e. The Morgan fingerprint density at radius 3 is 2.69 bits per heavy atom. The summed E-state index contributed by atoms with van der Waals surface area (Å²) in [5.41, 5.74) is 2.71. The van der Waals surface area contributed by atoms with Gasteiger partial charge >= 0.3 is 0 Å². The van der Waals surface area contributed by atoms with E-state index in [4.69, 9.17) is 4.74 Å². The van der Waals surface area contributed by atoms with Crippen molar-refractivity contribution in [3.05, 3.63) is 35.4 Å². The summed E-state index contributed by atoms with van der Waals surface area (Å²) in [6, 6.07) is 8.53. The van der Waals surface area contributed by atoms with Crippen LogP contribution >= 0.6 is 0 Å². The van der Waals surface area contributed by atoms with Gasteiger partial charge in [0.1, 0.15) is 0 Å². The van der Waals surface area contributed by atoms with Crippen LogP contribution in [0.4, 0.5) is 0 Å². The molecule has 1 atom stereocenters. The van der Waals surface area contributed by atoms with Crippen LogP contribution in [0.25, 0.3) is 0 Å². The number of rotatable bonds is 4. The minimum Gasteiger partial charge on any atom is -0.381 e. The highest BCUT2D eigenvalue weighted by molar-refractivity contribution is 5.83. The lowest BCUT2D eigenvalue weighted by atomic mass is 9.80. The molecule has 0 saturated carbocycles. The van der Waals surface area contributed by atoms with E-state index in [9.17, 15) is 9.59 Å². The molecule has 1 N–H and O–H groups in total. The van der Waals surface area contributed by atoms with Crippen LogP contribution in [0.3, 0.4) is 0 Å². The summed E-state index contributed by atoms with van der Waals surface area (Å²) in [6.45, 7) is 8.02. The summed E-state index contributed by atoms with van der Waals surface area (Å²) in [5.74, 6) is 0.584. The lowest BCUT2D eigenvalue weighted by Gasteiger charge is -2.34. The maximum absolute atomic E-state index is 12.9. The summed E-state index contributed by atoms with van der Waals surface area (Å²) in [4.78, 5) is 28.8. The molecule has 6 nitrogen and oxygen atoms in total. The van der Waals surface area contributed by atoms with Gasteiger partial charge in [0.2, 0.25) is 11.8 Å². The van der Waals surface area contributed by atoms with Gasteiger partial charge in [-0.25, -0.2) is 0 Å². The highest BCUT2D eigenvalue weighted by Crippen LogP contribution is 2.39. The quantitative estimate of drug-likeness (QED) is 0.839. The number of nitrogens with zero attached hydrogens (tertiary/aromatic N) is 2. The van der Waals surface area contributed by atoms with Crippen LogP contribution in [0.5, 0.6) is 0 Å². The van der Waals surface area contributed by atoms with Crippen LogP contribution in [0.2, 0.25) is 0 Å². The van der Waals surface area contributed by atoms with Crippen LogP contribution in [-0.2, 0) is 27.3 Å². The number of amides is 2. The Morgan fingerprint density at radius 1 is 1.17 bits per heavy atom. The molecule has 0 aromatic heterocycles. The monoisotopic (exact) mass is 399 g/mol. The molecule has 1 unspecified atom stereocenters. The number of likely N-dealkylation sites (tertiary alicyclic amines) is 1. The molecular formula is C23H33N3O3. The minimum atomic E-state index is -0.160. The Labute approximate surface area is 173 Å². The van der Waals surface area contributed by atoms with Crippen molar-refractivity contribution < 1.29 is 14.3 Å². The fourth-order valence-electron chi connectivity index (χ4n) is 5.25. The topological polar surface area (TPSA) is 61.9 Å². The molecule has 29 heavy (non-hydrogen) atoms. The van der Waals surface area contributed by atoms with Crippen LogP contribution in [0.15, 0.2) is 24.3 Å². The molecule has 0 aliphatic carbocycles. The van der Waals surface area contributed by atoms with E-state index in [-0.39, 0.29) is 23.8 Å². The van der Waals surface area contributed by atoms with Crippen molar-refractivity contribution in [2.24, 2.45) is 11.3 Å². The predicted octanol–water partition coefficient (Wildman–Crippen LogP) is 1.83. The average Bonchev–Trinajstić information content (AvgIpc) is 3.00. The van der Waals surface area contributed by atoms with E-state index in [2.05, 4.69) is 34.5 Å². The molecule has 2 amide bonds. The molecule has 4 rings (SSSR count). The maximum atomic E-state index is 12.9. The van der Waals surface area contributed by atoms with Crippen molar-refractivity contribution in [2.75, 3.05) is 45.9 Å². The van der Waals surface area contributed by atoms with Crippen molar-refractivity contribution in [3.8, 4) is 0 Å². The summed E-state index contributed by atoms with van der Waals surface area (Å²) in [5, 5.41) is 2.68. The van der Waals surface area contributed by atoms with Gasteiger partial charge in [-0.2, -0.15) is 0 Å². The Balaban J connectivity index is 1.49. The zero-order valence-corrected chi connectivity index (χ0v) is 17.5. The summed E-state index contributed by atoms with van der Waals surface area (Å²) in [6.07, 6.45) is 4.47. The number of nitrogens with one attached hydrogen (secondary N) is 1. The van der Waals surface area contributed by atoms with Crippen LogP contribution < -0.4 is 5.32 Å². The highest BCUT2D eigenvalue weighted by Gasteiger charge is 2.42. The standard InChI is InChI=1S/C23H33N3O3/c1-18(27)24-13-22(28)26-15-21-5-3-2-4-20(21)12-23(17-26)8-9-25(16-23)14-19-6-10-29-11-7-19/h2-5,19H,6-17H2,1H3,(H,24,27). The van der Waals surface area contributed by atoms with E-state index in [1.54, 1.807) is 0 Å². The normalized spacial score (nSPS) is 25.6.